The Kier molecular flexibility index (Phi) is 3.01. The van der Waals surface area contributed by atoms with E-state index in [0.717, 1.165) is 0 Å². The topological polar surface area (TPSA) is 87.8 Å². The van der Waals surface area contributed by atoms with Gasteiger partial charge in [0.2, 0.25) is 0 Å². The van der Waals surface area contributed by atoms with Crippen molar-refractivity contribution in [1.29, 1.82) is 0 Å². The number of nitro benzene ring substituents is 1. The lowest BCUT2D eigenvalue weighted by Gasteiger charge is -1.96. The van der Waals surface area contributed by atoms with Gasteiger partial charge in [0.05, 0.1) is 11.1 Å². The van der Waals surface area contributed by atoms with Crippen LogP contribution in [-0.2, 0) is 0 Å². The van der Waals surface area contributed by atoms with Gasteiger partial charge in [-0.1, -0.05) is 0 Å². The van der Waals surface area contributed by atoms with E-state index in [2.05, 4.69) is 10.5 Å². The van der Waals surface area contributed by atoms with Crippen LogP contribution in [0.5, 0.6) is 5.75 Å². The number of nitrogens with one attached hydrogen (secondary N) is 1. The van der Waals surface area contributed by atoms with Gasteiger partial charge in [-0.2, -0.15) is 5.10 Å². The Morgan fingerprint density at radius 1 is 1.64 bits per heavy atom. The summed E-state index contributed by atoms with van der Waals surface area (Å²) in [4.78, 5) is 9.70. The second-order valence-electron chi connectivity index (χ2n) is 2.49. The van der Waals surface area contributed by atoms with Crippen LogP contribution in [-0.4, -0.2) is 23.3 Å². The minimum absolute atomic E-state index is 0.313. The number of benzene rings is 1. The lowest BCUT2D eigenvalue weighted by molar-refractivity contribution is -0.385. The molecular weight excluding hydrogens is 186 g/mol. The van der Waals surface area contributed by atoms with Crippen LogP contribution in [0.2, 0.25) is 0 Å². The lowest BCUT2D eigenvalue weighted by atomic mass is 10.2. The van der Waals surface area contributed by atoms with Crippen LogP contribution in [0, 0.1) is 10.1 Å². The Bertz CT molecular complexity index is 376. The molecule has 1 rings (SSSR count). The molecule has 0 aromatic heterocycles. The first kappa shape index (κ1) is 9.97. The summed E-state index contributed by atoms with van der Waals surface area (Å²) in [6.45, 7) is 0. The number of hydrogen-bond acceptors (Lipinski definition) is 5. The largest absolute Gasteiger partial charge is 0.502 e. The Morgan fingerprint density at radius 2 is 2.36 bits per heavy atom. The van der Waals surface area contributed by atoms with Gasteiger partial charge in [-0.05, 0) is 17.7 Å². The molecule has 14 heavy (non-hydrogen) atoms. The van der Waals surface area contributed by atoms with E-state index in [1.165, 1.54) is 24.4 Å². The summed E-state index contributed by atoms with van der Waals surface area (Å²) in [7, 11) is 1.63. The molecule has 0 aliphatic heterocycles. The highest BCUT2D eigenvalue weighted by Crippen LogP contribution is 2.25. The number of nitro groups is 1. The summed E-state index contributed by atoms with van der Waals surface area (Å²) in [6, 6.07) is 4.00. The van der Waals surface area contributed by atoms with Gasteiger partial charge < -0.3 is 10.5 Å². The Hall–Kier alpha value is -2.11. The smallest absolute Gasteiger partial charge is 0.310 e. The van der Waals surface area contributed by atoms with Crippen molar-refractivity contribution in [3.8, 4) is 5.75 Å². The van der Waals surface area contributed by atoms with Crippen molar-refractivity contribution in [2.24, 2.45) is 5.10 Å². The molecule has 1 aromatic carbocycles. The van der Waals surface area contributed by atoms with Gasteiger partial charge in [-0.25, -0.2) is 0 Å². The van der Waals surface area contributed by atoms with Crippen molar-refractivity contribution >= 4 is 11.9 Å². The third kappa shape index (κ3) is 2.19. The zero-order valence-electron chi connectivity index (χ0n) is 7.47. The molecule has 0 radical (unpaired) electrons. The number of nitrogens with zero attached hydrogens (tertiary/aromatic N) is 2. The summed E-state index contributed by atoms with van der Waals surface area (Å²) in [5.41, 5.74) is 2.80. The van der Waals surface area contributed by atoms with Crippen LogP contribution in [0.25, 0.3) is 0 Å². The third-order valence-electron chi connectivity index (χ3n) is 1.54. The molecule has 0 aliphatic carbocycles. The number of rotatable bonds is 3. The van der Waals surface area contributed by atoms with Crippen molar-refractivity contribution in [1.82, 2.24) is 5.43 Å². The summed E-state index contributed by atoms with van der Waals surface area (Å²) >= 11 is 0. The van der Waals surface area contributed by atoms with Crippen LogP contribution < -0.4 is 5.43 Å². The monoisotopic (exact) mass is 195 g/mol. The van der Waals surface area contributed by atoms with Crippen molar-refractivity contribution in [3.05, 3.63) is 33.9 Å². The fourth-order valence-electron chi connectivity index (χ4n) is 0.914. The predicted molar refractivity (Wildman–Crippen MR) is 51.4 cm³/mol. The van der Waals surface area contributed by atoms with E-state index >= 15 is 0 Å². The Morgan fingerprint density at radius 3 is 2.86 bits per heavy atom. The Labute approximate surface area is 80.0 Å². The second-order valence-corrected chi connectivity index (χ2v) is 2.49. The van der Waals surface area contributed by atoms with Gasteiger partial charge in [-0.3, -0.25) is 10.1 Å². The van der Waals surface area contributed by atoms with Gasteiger partial charge >= 0.3 is 5.69 Å². The predicted octanol–water partition coefficient (Wildman–Crippen LogP) is 0.854. The van der Waals surface area contributed by atoms with Crippen LogP contribution >= 0.6 is 0 Å². The first-order valence-electron chi connectivity index (χ1n) is 3.82. The maximum atomic E-state index is 10.3. The number of hydrogen-bond donors (Lipinski definition) is 2. The molecule has 0 atom stereocenters. The highest BCUT2D eigenvalue weighted by Gasteiger charge is 2.11. The summed E-state index contributed by atoms with van der Waals surface area (Å²) in [5.74, 6) is -0.366. The van der Waals surface area contributed by atoms with Gasteiger partial charge in [0.1, 0.15) is 0 Å². The first-order valence-corrected chi connectivity index (χ1v) is 3.82. The molecule has 0 fully saturated rings. The van der Waals surface area contributed by atoms with E-state index < -0.39 is 4.92 Å². The molecule has 0 aliphatic rings. The maximum absolute atomic E-state index is 10.3. The molecule has 0 heterocycles. The summed E-state index contributed by atoms with van der Waals surface area (Å²) in [6.07, 6.45) is 1.45. The van der Waals surface area contributed by atoms with E-state index in [1.54, 1.807) is 7.05 Å². The molecule has 0 saturated carbocycles. The molecular formula is C8H9N3O3. The number of phenolic OH excluding ortho intramolecular Hbond substituents is 1. The third-order valence-corrected chi connectivity index (χ3v) is 1.54. The van der Waals surface area contributed by atoms with Gasteiger partial charge in [-0.15, -0.1) is 0 Å². The SMILES string of the molecule is CN/N=C/c1ccc([N+](=O)[O-])c(O)c1. The molecule has 0 amide bonds. The quantitative estimate of drug-likeness (QED) is 0.425. The molecule has 1 aromatic rings. The number of phenols is 1. The van der Waals surface area contributed by atoms with Crippen LogP contribution in [0.1, 0.15) is 5.56 Å². The standard InChI is InChI=1S/C8H9N3O3/c1-9-10-5-6-2-3-7(11(13)14)8(12)4-6/h2-5,9,12H,1H3/b10-5+. The zero-order valence-corrected chi connectivity index (χ0v) is 7.47. The maximum Gasteiger partial charge on any atom is 0.310 e. The number of aromatic hydroxyl groups is 1. The highest BCUT2D eigenvalue weighted by atomic mass is 16.6. The molecule has 74 valence electrons. The molecule has 0 spiro atoms. The molecule has 0 saturated heterocycles. The molecule has 0 unspecified atom stereocenters. The normalized spacial score (nSPS) is 10.4. The molecule has 2 N–H and O–H groups in total. The fraction of sp³-hybridized carbons (Fsp3) is 0.125. The van der Waals surface area contributed by atoms with E-state index in [4.69, 9.17) is 0 Å². The zero-order chi connectivity index (χ0) is 10.6. The minimum Gasteiger partial charge on any atom is -0.502 e. The van der Waals surface area contributed by atoms with E-state index in [-0.39, 0.29) is 11.4 Å². The molecule has 6 heteroatoms. The summed E-state index contributed by atoms with van der Waals surface area (Å²) in [5, 5.41) is 23.3. The summed E-state index contributed by atoms with van der Waals surface area (Å²) < 4.78 is 0. The van der Waals surface area contributed by atoms with E-state index in [9.17, 15) is 15.2 Å². The fourth-order valence-corrected chi connectivity index (χ4v) is 0.914. The van der Waals surface area contributed by atoms with Crippen LogP contribution in [0.15, 0.2) is 23.3 Å². The Balaban J connectivity index is 3.00. The molecule has 6 nitrogen and oxygen atoms in total. The van der Waals surface area contributed by atoms with Crippen LogP contribution in [0.4, 0.5) is 5.69 Å². The average molecular weight is 195 g/mol. The first-order chi connectivity index (χ1) is 6.65. The van der Waals surface area contributed by atoms with Crippen LogP contribution in [0.3, 0.4) is 0 Å². The molecule has 0 bridgehead atoms. The van der Waals surface area contributed by atoms with Crippen molar-refractivity contribution in [3.63, 3.8) is 0 Å². The van der Waals surface area contributed by atoms with E-state index in [1.807, 2.05) is 0 Å². The second kappa shape index (κ2) is 4.22. The minimum atomic E-state index is -0.645. The van der Waals surface area contributed by atoms with Gasteiger partial charge in [0, 0.05) is 13.1 Å². The van der Waals surface area contributed by atoms with Gasteiger partial charge in [0.25, 0.3) is 0 Å². The van der Waals surface area contributed by atoms with E-state index in [0.29, 0.717) is 5.56 Å². The van der Waals surface area contributed by atoms with Crippen molar-refractivity contribution < 1.29 is 10.0 Å². The highest BCUT2D eigenvalue weighted by molar-refractivity contribution is 5.81. The van der Waals surface area contributed by atoms with Crippen molar-refractivity contribution in [2.75, 3.05) is 7.05 Å². The van der Waals surface area contributed by atoms with Gasteiger partial charge in [0.15, 0.2) is 5.75 Å². The average Bonchev–Trinajstić information content (AvgIpc) is 2.14. The number of hydrazone groups is 1. The van der Waals surface area contributed by atoms with Crippen molar-refractivity contribution in [2.45, 2.75) is 0 Å². The lowest BCUT2D eigenvalue weighted by Crippen LogP contribution is -1.95.